The first-order chi connectivity index (χ1) is 7.72. The van der Waals surface area contributed by atoms with Gasteiger partial charge in [0, 0.05) is 6.92 Å². The number of aryl methyl sites for hydroxylation is 2. The van der Waals surface area contributed by atoms with E-state index in [4.69, 9.17) is 0 Å². The minimum absolute atomic E-state index is 0.204. The molecular weight excluding hydrogens is 204 g/mol. The first-order valence-electron chi connectivity index (χ1n) is 5.34. The Labute approximate surface area is 94.2 Å². The number of amides is 2. The Morgan fingerprint density at radius 1 is 1.38 bits per heavy atom. The molecule has 84 valence electrons. The van der Waals surface area contributed by atoms with E-state index in [1.165, 1.54) is 29.5 Å². The van der Waals surface area contributed by atoms with Gasteiger partial charge in [0.05, 0.1) is 5.69 Å². The maximum Gasteiger partial charge on any atom is 0.242 e. The molecule has 1 aromatic carbocycles. The molecule has 1 aliphatic rings. The number of hydrogen-bond acceptors (Lipinski definition) is 2. The summed E-state index contributed by atoms with van der Waals surface area (Å²) in [6.45, 7) is 1.42. The number of carbonyl (C=O) groups is 2. The zero-order valence-corrected chi connectivity index (χ0v) is 9.19. The SMILES string of the molecule is CC(=O)N(NC=O)c1ccc2c(c1)CCC2. The Morgan fingerprint density at radius 2 is 2.12 bits per heavy atom. The van der Waals surface area contributed by atoms with Gasteiger partial charge in [0.2, 0.25) is 12.3 Å². The lowest BCUT2D eigenvalue weighted by Gasteiger charge is -2.19. The van der Waals surface area contributed by atoms with Gasteiger partial charge in [0.25, 0.3) is 0 Å². The Hall–Kier alpha value is -1.84. The molecule has 1 N–H and O–H groups in total. The zero-order chi connectivity index (χ0) is 11.5. The van der Waals surface area contributed by atoms with E-state index in [0.29, 0.717) is 6.41 Å². The van der Waals surface area contributed by atoms with Crippen LogP contribution in [0.4, 0.5) is 5.69 Å². The van der Waals surface area contributed by atoms with Crippen LogP contribution in [0, 0.1) is 0 Å². The van der Waals surface area contributed by atoms with E-state index in [-0.39, 0.29) is 5.91 Å². The van der Waals surface area contributed by atoms with Crippen molar-refractivity contribution in [1.29, 1.82) is 0 Å². The molecule has 0 aliphatic heterocycles. The second kappa shape index (κ2) is 4.35. The number of rotatable bonds is 3. The van der Waals surface area contributed by atoms with Crippen molar-refractivity contribution in [1.82, 2.24) is 5.43 Å². The van der Waals surface area contributed by atoms with Crippen LogP contribution >= 0.6 is 0 Å². The van der Waals surface area contributed by atoms with Gasteiger partial charge in [-0.2, -0.15) is 0 Å². The van der Waals surface area contributed by atoms with Crippen molar-refractivity contribution in [3.05, 3.63) is 29.3 Å². The van der Waals surface area contributed by atoms with Gasteiger partial charge >= 0.3 is 0 Å². The molecule has 4 heteroatoms. The smallest absolute Gasteiger partial charge is 0.242 e. The van der Waals surface area contributed by atoms with Crippen LogP contribution in [0.15, 0.2) is 18.2 Å². The fraction of sp³-hybridized carbons (Fsp3) is 0.333. The monoisotopic (exact) mass is 218 g/mol. The van der Waals surface area contributed by atoms with Crippen LogP contribution in [0.2, 0.25) is 0 Å². The van der Waals surface area contributed by atoms with Gasteiger partial charge in [-0.05, 0) is 42.5 Å². The molecule has 0 unspecified atom stereocenters. The number of carbonyl (C=O) groups excluding carboxylic acids is 2. The highest BCUT2D eigenvalue weighted by Gasteiger charge is 2.15. The van der Waals surface area contributed by atoms with Crippen molar-refractivity contribution >= 4 is 18.0 Å². The molecule has 4 nitrogen and oxygen atoms in total. The van der Waals surface area contributed by atoms with Crippen molar-refractivity contribution in [2.75, 3.05) is 5.01 Å². The molecule has 16 heavy (non-hydrogen) atoms. The van der Waals surface area contributed by atoms with Crippen LogP contribution in [0.5, 0.6) is 0 Å². The topological polar surface area (TPSA) is 49.4 Å². The Kier molecular flexibility index (Phi) is 2.90. The summed E-state index contributed by atoms with van der Waals surface area (Å²) in [6.07, 6.45) is 3.83. The zero-order valence-electron chi connectivity index (χ0n) is 9.19. The summed E-state index contributed by atoms with van der Waals surface area (Å²) in [5.74, 6) is -0.204. The molecule has 1 aromatic rings. The lowest BCUT2D eigenvalue weighted by molar-refractivity contribution is -0.119. The number of nitrogens with one attached hydrogen (secondary N) is 1. The molecule has 0 atom stereocenters. The number of nitrogens with zero attached hydrogens (tertiary/aromatic N) is 1. The third kappa shape index (κ3) is 1.91. The Balaban J connectivity index is 2.31. The predicted molar refractivity (Wildman–Crippen MR) is 60.8 cm³/mol. The van der Waals surface area contributed by atoms with E-state index in [1.807, 2.05) is 18.2 Å². The van der Waals surface area contributed by atoms with Gasteiger partial charge in [-0.3, -0.25) is 15.0 Å². The van der Waals surface area contributed by atoms with Crippen molar-refractivity contribution in [3.8, 4) is 0 Å². The van der Waals surface area contributed by atoms with E-state index in [0.717, 1.165) is 18.5 Å². The van der Waals surface area contributed by atoms with E-state index in [9.17, 15) is 9.59 Å². The number of hydrazine groups is 1. The van der Waals surface area contributed by atoms with Crippen LogP contribution in [0.3, 0.4) is 0 Å². The van der Waals surface area contributed by atoms with Gasteiger partial charge < -0.3 is 0 Å². The quantitative estimate of drug-likeness (QED) is 0.612. The molecule has 0 fully saturated rings. The Morgan fingerprint density at radius 3 is 2.81 bits per heavy atom. The van der Waals surface area contributed by atoms with E-state index in [1.54, 1.807) is 0 Å². The lowest BCUT2D eigenvalue weighted by atomic mass is 10.1. The molecule has 0 bridgehead atoms. The maximum atomic E-state index is 11.3. The summed E-state index contributed by atoms with van der Waals surface area (Å²) < 4.78 is 0. The van der Waals surface area contributed by atoms with Crippen LogP contribution in [0.25, 0.3) is 0 Å². The normalized spacial score (nSPS) is 13.1. The minimum atomic E-state index is -0.204. The van der Waals surface area contributed by atoms with E-state index < -0.39 is 0 Å². The first-order valence-corrected chi connectivity index (χ1v) is 5.34. The number of benzene rings is 1. The van der Waals surface area contributed by atoms with E-state index in [2.05, 4.69) is 5.43 Å². The van der Waals surface area contributed by atoms with Crippen LogP contribution in [0.1, 0.15) is 24.5 Å². The average molecular weight is 218 g/mol. The third-order valence-corrected chi connectivity index (χ3v) is 2.84. The molecule has 0 aromatic heterocycles. The summed E-state index contributed by atoms with van der Waals surface area (Å²) in [6, 6.07) is 5.86. The van der Waals surface area contributed by atoms with Crippen molar-refractivity contribution in [3.63, 3.8) is 0 Å². The summed E-state index contributed by atoms with van der Waals surface area (Å²) in [5.41, 5.74) is 5.74. The number of hydrogen-bond donors (Lipinski definition) is 1. The Bertz CT molecular complexity index is 429. The molecular formula is C12H14N2O2. The highest BCUT2D eigenvalue weighted by Crippen LogP contribution is 2.26. The second-order valence-electron chi connectivity index (χ2n) is 3.91. The molecule has 0 radical (unpaired) electrons. The molecule has 2 amide bonds. The maximum absolute atomic E-state index is 11.3. The third-order valence-electron chi connectivity index (χ3n) is 2.84. The van der Waals surface area contributed by atoms with Gasteiger partial charge in [-0.1, -0.05) is 6.07 Å². The average Bonchev–Trinajstić information content (AvgIpc) is 2.72. The van der Waals surface area contributed by atoms with Crippen molar-refractivity contribution in [2.45, 2.75) is 26.2 Å². The highest BCUT2D eigenvalue weighted by atomic mass is 16.2. The highest BCUT2D eigenvalue weighted by molar-refractivity contribution is 5.92. The summed E-state index contributed by atoms with van der Waals surface area (Å²) in [7, 11) is 0. The molecule has 0 heterocycles. The summed E-state index contributed by atoms with van der Waals surface area (Å²) in [5, 5.41) is 1.26. The molecule has 1 aliphatic carbocycles. The molecule has 0 saturated carbocycles. The molecule has 2 rings (SSSR count). The lowest BCUT2D eigenvalue weighted by Crippen LogP contribution is -2.40. The minimum Gasteiger partial charge on any atom is -0.277 e. The van der Waals surface area contributed by atoms with Gasteiger partial charge in [0.15, 0.2) is 0 Å². The van der Waals surface area contributed by atoms with E-state index >= 15 is 0 Å². The molecule has 0 saturated heterocycles. The van der Waals surface area contributed by atoms with Gasteiger partial charge in [-0.15, -0.1) is 0 Å². The summed E-state index contributed by atoms with van der Waals surface area (Å²) in [4.78, 5) is 21.8. The predicted octanol–water partition coefficient (Wildman–Crippen LogP) is 1.19. The first kappa shape index (κ1) is 10.7. The van der Waals surface area contributed by atoms with Crippen LogP contribution in [-0.2, 0) is 22.4 Å². The summed E-state index contributed by atoms with van der Waals surface area (Å²) >= 11 is 0. The molecule has 0 spiro atoms. The fourth-order valence-corrected chi connectivity index (χ4v) is 2.10. The van der Waals surface area contributed by atoms with Gasteiger partial charge in [0.1, 0.15) is 0 Å². The fourth-order valence-electron chi connectivity index (χ4n) is 2.10. The van der Waals surface area contributed by atoms with Crippen LogP contribution < -0.4 is 10.4 Å². The van der Waals surface area contributed by atoms with Gasteiger partial charge in [-0.25, -0.2) is 5.01 Å². The van der Waals surface area contributed by atoms with Crippen molar-refractivity contribution in [2.24, 2.45) is 0 Å². The second-order valence-corrected chi connectivity index (χ2v) is 3.91. The standard InChI is InChI=1S/C12H14N2O2/c1-9(16)14(13-8-15)12-6-5-10-3-2-4-11(10)7-12/h5-8H,2-4H2,1H3,(H,13,15). The van der Waals surface area contributed by atoms with Crippen LogP contribution in [-0.4, -0.2) is 12.3 Å². The number of anilines is 1. The number of fused-ring (bicyclic) bond motifs is 1. The largest absolute Gasteiger partial charge is 0.277 e. The van der Waals surface area contributed by atoms with Crippen molar-refractivity contribution < 1.29 is 9.59 Å².